The monoisotopic (exact) mass is 157 g/mol. The van der Waals surface area contributed by atoms with Gasteiger partial charge in [-0.05, 0) is 26.3 Å². The summed E-state index contributed by atoms with van der Waals surface area (Å²) in [7, 11) is 2.11. The first-order valence-electron chi connectivity index (χ1n) is 4.47. The summed E-state index contributed by atoms with van der Waals surface area (Å²) in [5.41, 5.74) is 0. The molecule has 2 atom stereocenters. The third-order valence-electron chi connectivity index (χ3n) is 2.50. The highest BCUT2D eigenvalue weighted by Gasteiger charge is 2.24. The fraction of sp³-hybridized carbons (Fsp3) is 1.00. The summed E-state index contributed by atoms with van der Waals surface area (Å²) >= 11 is 0. The van der Waals surface area contributed by atoms with Gasteiger partial charge in [-0.25, -0.2) is 0 Å². The second-order valence-electron chi connectivity index (χ2n) is 3.79. The standard InChI is InChI=1S/C9H19NO/c1-7(2)9-5-6-10(4)8(3)11-9/h7-9H,5-6H2,1-4H3/t8-,9-/m1/s1. The number of nitrogens with zero attached hydrogens (tertiary/aromatic N) is 1. The van der Waals surface area contributed by atoms with Crippen LogP contribution in [0.5, 0.6) is 0 Å². The van der Waals surface area contributed by atoms with Crippen LogP contribution in [0, 0.1) is 5.92 Å². The maximum atomic E-state index is 5.79. The smallest absolute Gasteiger partial charge is 0.107 e. The van der Waals surface area contributed by atoms with Gasteiger partial charge in [0.05, 0.1) is 6.10 Å². The fourth-order valence-electron chi connectivity index (χ4n) is 1.43. The van der Waals surface area contributed by atoms with Crippen LogP contribution in [0.15, 0.2) is 0 Å². The number of rotatable bonds is 1. The van der Waals surface area contributed by atoms with Crippen molar-refractivity contribution in [2.75, 3.05) is 13.6 Å². The van der Waals surface area contributed by atoms with Crippen molar-refractivity contribution in [2.24, 2.45) is 5.92 Å². The largest absolute Gasteiger partial charge is 0.360 e. The highest BCUT2D eigenvalue weighted by Crippen LogP contribution is 2.19. The van der Waals surface area contributed by atoms with Crippen molar-refractivity contribution < 1.29 is 4.74 Å². The van der Waals surface area contributed by atoms with E-state index in [1.807, 2.05) is 0 Å². The summed E-state index contributed by atoms with van der Waals surface area (Å²) in [5.74, 6) is 0.658. The van der Waals surface area contributed by atoms with Crippen LogP contribution in [-0.2, 0) is 4.74 Å². The second kappa shape index (κ2) is 3.55. The van der Waals surface area contributed by atoms with Crippen LogP contribution in [0.1, 0.15) is 27.2 Å². The average Bonchev–Trinajstić information content (AvgIpc) is 1.94. The molecule has 0 aromatic carbocycles. The Labute approximate surface area is 69.5 Å². The normalized spacial score (nSPS) is 34.6. The lowest BCUT2D eigenvalue weighted by Gasteiger charge is -2.37. The highest BCUT2D eigenvalue weighted by atomic mass is 16.5. The molecule has 0 bridgehead atoms. The van der Waals surface area contributed by atoms with Crippen LogP contribution < -0.4 is 0 Å². The molecular formula is C9H19NO. The zero-order valence-electron chi connectivity index (χ0n) is 8.00. The Balaban J connectivity index is 2.40. The Morgan fingerprint density at radius 1 is 1.45 bits per heavy atom. The molecule has 0 saturated carbocycles. The van der Waals surface area contributed by atoms with Gasteiger partial charge >= 0.3 is 0 Å². The van der Waals surface area contributed by atoms with Gasteiger partial charge in [0.15, 0.2) is 0 Å². The summed E-state index contributed by atoms with van der Waals surface area (Å²) in [5, 5.41) is 0. The van der Waals surface area contributed by atoms with E-state index >= 15 is 0 Å². The fourth-order valence-corrected chi connectivity index (χ4v) is 1.43. The van der Waals surface area contributed by atoms with Crippen molar-refractivity contribution in [2.45, 2.75) is 39.5 Å². The van der Waals surface area contributed by atoms with Gasteiger partial charge in [-0.15, -0.1) is 0 Å². The van der Waals surface area contributed by atoms with Gasteiger partial charge in [-0.1, -0.05) is 13.8 Å². The van der Waals surface area contributed by atoms with E-state index in [0.29, 0.717) is 18.2 Å². The molecule has 1 saturated heterocycles. The molecule has 0 aromatic heterocycles. The maximum absolute atomic E-state index is 5.79. The maximum Gasteiger partial charge on any atom is 0.107 e. The Morgan fingerprint density at radius 3 is 2.55 bits per heavy atom. The number of ether oxygens (including phenoxy) is 1. The van der Waals surface area contributed by atoms with Crippen LogP contribution in [-0.4, -0.2) is 30.8 Å². The van der Waals surface area contributed by atoms with Crippen LogP contribution >= 0.6 is 0 Å². The predicted octanol–water partition coefficient (Wildman–Crippen LogP) is 1.71. The summed E-state index contributed by atoms with van der Waals surface area (Å²) in [4.78, 5) is 2.25. The lowest BCUT2D eigenvalue weighted by Crippen LogP contribution is -2.43. The Hall–Kier alpha value is -0.0800. The first-order chi connectivity index (χ1) is 5.11. The molecule has 1 aliphatic heterocycles. The molecule has 0 aliphatic carbocycles. The zero-order valence-corrected chi connectivity index (χ0v) is 8.00. The van der Waals surface area contributed by atoms with Crippen molar-refractivity contribution in [3.05, 3.63) is 0 Å². The van der Waals surface area contributed by atoms with Gasteiger partial charge in [0.25, 0.3) is 0 Å². The molecule has 66 valence electrons. The van der Waals surface area contributed by atoms with E-state index in [1.54, 1.807) is 0 Å². The van der Waals surface area contributed by atoms with E-state index in [2.05, 4.69) is 32.7 Å². The van der Waals surface area contributed by atoms with E-state index in [1.165, 1.54) is 13.0 Å². The van der Waals surface area contributed by atoms with Crippen molar-refractivity contribution in [1.29, 1.82) is 0 Å². The first-order valence-corrected chi connectivity index (χ1v) is 4.47. The molecule has 0 aromatic rings. The molecule has 0 N–H and O–H groups in total. The average molecular weight is 157 g/mol. The van der Waals surface area contributed by atoms with E-state index in [9.17, 15) is 0 Å². The molecule has 0 amide bonds. The molecule has 1 fully saturated rings. The highest BCUT2D eigenvalue weighted by molar-refractivity contribution is 4.71. The molecule has 0 unspecified atom stereocenters. The quantitative estimate of drug-likeness (QED) is 0.574. The summed E-state index contributed by atoms with van der Waals surface area (Å²) in [6.45, 7) is 7.74. The van der Waals surface area contributed by atoms with Gasteiger partial charge in [-0.3, -0.25) is 4.90 Å². The summed E-state index contributed by atoms with van der Waals surface area (Å²) < 4.78 is 5.79. The van der Waals surface area contributed by atoms with Crippen molar-refractivity contribution in [3.63, 3.8) is 0 Å². The predicted molar refractivity (Wildman–Crippen MR) is 46.4 cm³/mol. The van der Waals surface area contributed by atoms with Crippen molar-refractivity contribution in [1.82, 2.24) is 4.90 Å². The Bertz CT molecular complexity index is 125. The zero-order chi connectivity index (χ0) is 8.43. The lowest BCUT2D eigenvalue weighted by atomic mass is 10.0. The topological polar surface area (TPSA) is 12.5 Å². The van der Waals surface area contributed by atoms with Gasteiger partial charge < -0.3 is 4.74 Å². The van der Waals surface area contributed by atoms with E-state index < -0.39 is 0 Å². The summed E-state index contributed by atoms with van der Waals surface area (Å²) in [6, 6.07) is 0. The third kappa shape index (κ3) is 2.17. The van der Waals surface area contributed by atoms with E-state index in [0.717, 1.165) is 0 Å². The van der Waals surface area contributed by atoms with Crippen LogP contribution in [0.2, 0.25) is 0 Å². The van der Waals surface area contributed by atoms with Gasteiger partial charge in [0.1, 0.15) is 6.23 Å². The lowest BCUT2D eigenvalue weighted by molar-refractivity contribution is -0.134. The third-order valence-corrected chi connectivity index (χ3v) is 2.50. The second-order valence-corrected chi connectivity index (χ2v) is 3.79. The minimum Gasteiger partial charge on any atom is -0.360 e. The van der Waals surface area contributed by atoms with E-state index in [-0.39, 0.29) is 0 Å². The molecule has 0 spiro atoms. The molecule has 2 heteroatoms. The number of hydrogen-bond acceptors (Lipinski definition) is 2. The Kier molecular flexibility index (Phi) is 2.90. The first kappa shape index (κ1) is 9.01. The summed E-state index contributed by atoms with van der Waals surface area (Å²) in [6.07, 6.45) is 1.95. The molecule has 1 heterocycles. The Morgan fingerprint density at radius 2 is 2.09 bits per heavy atom. The van der Waals surface area contributed by atoms with Crippen LogP contribution in [0.3, 0.4) is 0 Å². The molecular weight excluding hydrogens is 138 g/mol. The van der Waals surface area contributed by atoms with Crippen molar-refractivity contribution in [3.8, 4) is 0 Å². The molecule has 1 rings (SSSR count). The minimum absolute atomic E-state index is 0.302. The number of hydrogen-bond donors (Lipinski definition) is 0. The van der Waals surface area contributed by atoms with Gasteiger partial charge in [0.2, 0.25) is 0 Å². The molecule has 0 radical (unpaired) electrons. The molecule has 1 aliphatic rings. The molecule has 2 nitrogen and oxygen atoms in total. The van der Waals surface area contributed by atoms with Crippen molar-refractivity contribution >= 4 is 0 Å². The SMILES string of the molecule is CC(C)[C@H]1CCN(C)[C@@H](C)O1. The van der Waals surface area contributed by atoms with Gasteiger partial charge in [0, 0.05) is 6.54 Å². The molecule has 11 heavy (non-hydrogen) atoms. The van der Waals surface area contributed by atoms with Crippen LogP contribution in [0.25, 0.3) is 0 Å². The van der Waals surface area contributed by atoms with Gasteiger partial charge in [-0.2, -0.15) is 0 Å². The van der Waals surface area contributed by atoms with E-state index in [4.69, 9.17) is 4.74 Å². The van der Waals surface area contributed by atoms with Crippen LogP contribution in [0.4, 0.5) is 0 Å². The minimum atomic E-state index is 0.302.